The minimum Gasteiger partial charge on any atom is -0.459 e. The molecule has 0 atom stereocenters. The molecule has 3 heterocycles. The van der Waals surface area contributed by atoms with E-state index in [0.29, 0.717) is 11.5 Å². The molecule has 2 aromatic heterocycles. The van der Waals surface area contributed by atoms with E-state index in [2.05, 4.69) is 19.4 Å². The van der Waals surface area contributed by atoms with Crippen LogP contribution in [0.25, 0.3) is 0 Å². The number of ether oxygens (including phenoxy) is 1. The van der Waals surface area contributed by atoms with Crippen molar-refractivity contribution in [1.82, 2.24) is 14.5 Å². The maximum atomic E-state index is 12.3. The summed E-state index contributed by atoms with van der Waals surface area (Å²) in [6.45, 7) is 5.51. The summed E-state index contributed by atoms with van der Waals surface area (Å²) in [5, 5.41) is 0. The summed E-state index contributed by atoms with van der Waals surface area (Å²) in [5.41, 5.74) is 0.554. The van der Waals surface area contributed by atoms with E-state index in [-0.39, 0.29) is 12.1 Å². The maximum Gasteiger partial charge on any atom is 0.342 e. The number of nitrogens with zero attached hydrogens (tertiary/aromatic N) is 4. The fraction of sp³-hybridized carbons (Fsp3) is 0.526. The number of hydrogen-bond acceptors (Lipinski definition) is 5. The molecule has 0 spiro atoms. The van der Waals surface area contributed by atoms with Gasteiger partial charge in [0.15, 0.2) is 0 Å². The van der Waals surface area contributed by atoms with Crippen LogP contribution in [0.4, 0.5) is 5.82 Å². The third kappa shape index (κ3) is 4.18. The number of imidazole rings is 1. The molecule has 1 fully saturated rings. The zero-order valence-corrected chi connectivity index (χ0v) is 15.2. The van der Waals surface area contributed by atoms with Crippen LogP contribution in [0.5, 0.6) is 0 Å². The number of anilines is 1. The summed E-state index contributed by atoms with van der Waals surface area (Å²) in [6.07, 6.45) is 8.59. The Morgan fingerprint density at radius 2 is 2.04 bits per heavy atom. The number of esters is 1. The van der Waals surface area contributed by atoms with E-state index in [9.17, 15) is 4.79 Å². The topological polar surface area (TPSA) is 60.2 Å². The van der Waals surface area contributed by atoms with Gasteiger partial charge in [0.05, 0.1) is 6.10 Å². The quantitative estimate of drug-likeness (QED) is 0.782. The van der Waals surface area contributed by atoms with E-state index in [4.69, 9.17) is 4.74 Å². The van der Waals surface area contributed by atoms with Crippen LogP contribution in [0.2, 0.25) is 0 Å². The number of rotatable bonds is 5. The van der Waals surface area contributed by atoms with E-state index >= 15 is 0 Å². The molecule has 0 aliphatic carbocycles. The first-order valence-electron chi connectivity index (χ1n) is 8.91. The van der Waals surface area contributed by atoms with Gasteiger partial charge in [0.1, 0.15) is 17.2 Å². The van der Waals surface area contributed by atoms with Gasteiger partial charge in [-0.25, -0.2) is 14.8 Å². The Morgan fingerprint density at radius 3 is 2.68 bits per heavy atom. The number of carbonyl (C=O) groups excluding carboxylic acids is 1. The molecule has 1 saturated heterocycles. The monoisotopic (exact) mass is 342 g/mol. The van der Waals surface area contributed by atoms with Crippen LogP contribution >= 0.6 is 0 Å². The van der Waals surface area contributed by atoms with Crippen molar-refractivity contribution in [3.05, 3.63) is 42.1 Å². The molecule has 0 radical (unpaired) electrons. The van der Waals surface area contributed by atoms with E-state index in [1.165, 1.54) is 0 Å². The van der Waals surface area contributed by atoms with Crippen molar-refractivity contribution in [2.24, 2.45) is 13.0 Å². The zero-order valence-electron chi connectivity index (χ0n) is 15.2. The van der Waals surface area contributed by atoms with Gasteiger partial charge >= 0.3 is 5.97 Å². The molecular weight excluding hydrogens is 316 g/mol. The van der Waals surface area contributed by atoms with Crippen molar-refractivity contribution in [3.8, 4) is 0 Å². The molecule has 2 aromatic rings. The number of carbonyl (C=O) groups is 1. The highest BCUT2D eigenvalue weighted by molar-refractivity contribution is 5.94. The third-order valence-electron chi connectivity index (χ3n) is 4.66. The van der Waals surface area contributed by atoms with E-state index < -0.39 is 0 Å². The molecule has 0 N–H and O–H groups in total. The Bertz CT molecular complexity index is 718. The summed E-state index contributed by atoms with van der Waals surface area (Å²) < 4.78 is 7.44. The molecule has 6 heteroatoms. The predicted octanol–water partition coefficient (Wildman–Crippen LogP) is 2.84. The van der Waals surface area contributed by atoms with Gasteiger partial charge in [-0.05, 0) is 44.7 Å². The first-order valence-corrected chi connectivity index (χ1v) is 8.91. The molecule has 0 aromatic carbocycles. The van der Waals surface area contributed by atoms with Crippen molar-refractivity contribution in [2.45, 2.75) is 39.2 Å². The molecular formula is C19H26N4O2. The summed E-state index contributed by atoms with van der Waals surface area (Å²) >= 11 is 0. The lowest BCUT2D eigenvalue weighted by molar-refractivity contribution is 0.0378. The van der Waals surface area contributed by atoms with Gasteiger partial charge in [0.2, 0.25) is 0 Å². The number of aryl methyl sites for hydroxylation is 1. The second-order valence-corrected chi connectivity index (χ2v) is 6.92. The van der Waals surface area contributed by atoms with Gasteiger partial charge in [-0.1, -0.05) is 0 Å². The van der Waals surface area contributed by atoms with E-state index in [1.54, 1.807) is 18.3 Å². The minimum absolute atomic E-state index is 0.135. The van der Waals surface area contributed by atoms with Gasteiger partial charge in [-0.3, -0.25) is 0 Å². The van der Waals surface area contributed by atoms with Crippen molar-refractivity contribution in [1.29, 1.82) is 0 Å². The Kier molecular flexibility index (Phi) is 5.36. The van der Waals surface area contributed by atoms with Crippen LogP contribution in [0.15, 0.2) is 30.7 Å². The van der Waals surface area contributed by atoms with Gasteiger partial charge in [0.25, 0.3) is 0 Å². The largest absolute Gasteiger partial charge is 0.459 e. The normalized spacial score (nSPS) is 15.6. The van der Waals surface area contributed by atoms with Crippen LogP contribution in [0, 0.1) is 5.92 Å². The Labute approximate surface area is 148 Å². The van der Waals surface area contributed by atoms with E-state index in [1.807, 2.05) is 33.3 Å². The standard InChI is InChI=1S/C19H26N4O2/c1-14(2)25-19(24)16-5-4-8-21-18(16)23-10-6-15(7-11-23)13-17-20-9-12-22(17)3/h4-5,8-9,12,14-15H,6-7,10-11,13H2,1-3H3. The molecule has 6 nitrogen and oxygen atoms in total. The Hall–Kier alpha value is -2.37. The number of piperidine rings is 1. The number of hydrogen-bond donors (Lipinski definition) is 0. The summed E-state index contributed by atoms with van der Waals surface area (Å²) in [7, 11) is 2.04. The average molecular weight is 342 g/mol. The highest BCUT2D eigenvalue weighted by Gasteiger charge is 2.25. The molecule has 134 valence electrons. The molecule has 3 rings (SSSR count). The van der Waals surface area contributed by atoms with Crippen molar-refractivity contribution < 1.29 is 9.53 Å². The van der Waals surface area contributed by atoms with Crippen LogP contribution in [0.1, 0.15) is 42.9 Å². The van der Waals surface area contributed by atoms with Crippen molar-refractivity contribution in [3.63, 3.8) is 0 Å². The average Bonchev–Trinajstić information content (AvgIpc) is 3.00. The van der Waals surface area contributed by atoms with Crippen LogP contribution in [-0.4, -0.2) is 39.7 Å². The molecule has 0 saturated carbocycles. The van der Waals surface area contributed by atoms with Gasteiger partial charge < -0.3 is 14.2 Å². The highest BCUT2D eigenvalue weighted by atomic mass is 16.5. The minimum atomic E-state index is -0.298. The lowest BCUT2D eigenvalue weighted by Crippen LogP contribution is -2.36. The molecule has 0 bridgehead atoms. The Morgan fingerprint density at radius 1 is 1.28 bits per heavy atom. The SMILES string of the molecule is CC(C)OC(=O)c1cccnc1N1CCC(Cc2nccn2C)CC1. The van der Waals surface area contributed by atoms with Gasteiger partial charge in [-0.15, -0.1) is 0 Å². The molecule has 1 aliphatic rings. The lowest BCUT2D eigenvalue weighted by Gasteiger charge is -2.33. The van der Waals surface area contributed by atoms with Crippen molar-refractivity contribution in [2.75, 3.05) is 18.0 Å². The zero-order chi connectivity index (χ0) is 17.8. The predicted molar refractivity (Wildman–Crippen MR) is 96.6 cm³/mol. The molecule has 0 amide bonds. The van der Waals surface area contributed by atoms with Gasteiger partial charge in [0, 0.05) is 45.1 Å². The number of pyridine rings is 1. The lowest BCUT2D eigenvalue weighted by atomic mass is 9.93. The first-order chi connectivity index (χ1) is 12.0. The molecule has 0 unspecified atom stereocenters. The summed E-state index contributed by atoms with van der Waals surface area (Å²) in [5.74, 6) is 2.20. The fourth-order valence-corrected chi connectivity index (χ4v) is 3.29. The second-order valence-electron chi connectivity index (χ2n) is 6.92. The maximum absolute atomic E-state index is 12.3. The van der Waals surface area contributed by atoms with Crippen LogP contribution in [-0.2, 0) is 18.2 Å². The van der Waals surface area contributed by atoms with Crippen molar-refractivity contribution >= 4 is 11.8 Å². The van der Waals surface area contributed by atoms with Crippen LogP contribution in [0.3, 0.4) is 0 Å². The number of aromatic nitrogens is 3. The third-order valence-corrected chi connectivity index (χ3v) is 4.66. The van der Waals surface area contributed by atoms with Gasteiger partial charge in [-0.2, -0.15) is 0 Å². The van der Waals surface area contributed by atoms with Crippen LogP contribution < -0.4 is 4.90 Å². The Balaban J connectivity index is 1.65. The van der Waals surface area contributed by atoms with E-state index in [0.717, 1.165) is 44.0 Å². The first kappa shape index (κ1) is 17.5. The molecule has 1 aliphatic heterocycles. The summed E-state index contributed by atoms with van der Waals surface area (Å²) in [4.78, 5) is 23.4. The second kappa shape index (κ2) is 7.68. The fourth-order valence-electron chi connectivity index (χ4n) is 3.29. The molecule has 25 heavy (non-hydrogen) atoms. The highest BCUT2D eigenvalue weighted by Crippen LogP contribution is 2.26. The summed E-state index contributed by atoms with van der Waals surface area (Å²) in [6, 6.07) is 3.58. The smallest absolute Gasteiger partial charge is 0.342 e.